The molecule has 9 nitrogen and oxygen atoms in total. The molecule has 1 N–H and O–H groups in total. The second kappa shape index (κ2) is 10.3. The van der Waals surface area contributed by atoms with Gasteiger partial charge in [-0.25, -0.2) is 9.78 Å². The maximum Gasteiger partial charge on any atom is 0.330 e. The van der Waals surface area contributed by atoms with Crippen LogP contribution in [0.5, 0.6) is 0 Å². The average molecular weight is 479 g/mol. The highest BCUT2D eigenvalue weighted by molar-refractivity contribution is 5.93. The lowest BCUT2D eigenvalue weighted by atomic mass is 10.1. The summed E-state index contributed by atoms with van der Waals surface area (Å²) in [6, 6.07) is 12.1. The Hall–Kier alpha value is -3.62. The molecule has 35 heavy (non-hydrogen) atoms. The Kier molecular flexibility index (Phi) is 7.23. The van der Waals surface area contributed by atoms with E-state index in [-0.39, 0.29) is 36.4 Å². The van der Waals surface area contributed by atoms with Gasteiger partial charge in [-0.2, -0.15) is 0 Å². The number of imidazole rings is 1. The van der Waals surface area contributed by atoms with Crippen molar-refractivity contribution in [3.8, 4) is 0 Å². The summed E-state index contributed by atoms with van der Waals surface area (Å²) in [5, 5.41) is 2.78. The summed E-state index contributed by atoms with van der Waals surface area (Å²) in [5.74, 6) is 0.0990. The molecule has 1 aliphatic heterocycles. The number of aromatic nitrogens is 3. The molecule has 2 amide bonds. The number of anilines is 2. The van der Waals surface area contributed by atoms with E-state index >= 15 is 0 Å². The molecule has 3 heterocycles. The number of carbonyl (C=O) groups excluding carboxylic acids is 2. The van der Waals surface area contributed by atoms with Gasteiger partial charge in [0, 0.05) is 57.3 Å². The zero-order valence-corrected chi connectivity index (χ0v) is 21.0. The normalized spacial score (nSPS) is 16.1. The summed E-state index contributed by atoms with van der Waals surface area (Å²) < 4.78 is 3.26. The van der Waals surface area contributed by atoms with Crippen LogP contribution < -0.4 is 15.9 Å². The lowest BCUT2D eigenvalue weighted by Crippen LogP contribution is -2.53. The Balaban J connectivity index is 1.33. The molecule has 1 saturated heterocycles. The first-order valence-corrected chi connectivity index (χ1v) is 12.3. The predicted octanol–water partition coefficient (Wildman–Crippen LogP) is 3.00. The molecule has 0 spiro atoms. The topological polar surface area (TPSA) is 92.5 Å². The van der Waals surface area contributed by atoms with Crippen LogP contribution in [0.15, 0.2) is 41.2 Å². The first-order valence-electron chi connectivity index (χ1n) is 12.3. The molecule has 0 radical (unpaired) electrons. The third-order valence-corrected chi connectivity index (χ3v) is 6.64. The molecule has 3 aromatic rings. The van der Waals surface area contributed by atoms with E-state index in [0.29, 0.717) is 37.6 Å². The van der Waals surface area contributed by atoms with Crippen molar-refractivity contribution in [2.45, 2.75) is 59.7 Å². The fourth-order valence-corrected chi connectivity index (χ4v) is 4.81. The number of piperazine rings is 1. The molecule has 1 aromatic carbocycles. The summed E-state index contributed by atoms with van der Waals surface area (Å²) in [4.78, 5) is 46.5. The number of amides is 2. The lowest BCUT2D eigenvalue weighted by molar-refractivity contribution is -0.133. The summed E-state index contributed by atoms with van der Waals surface area (Å²) in [7, 11) is 0. The summed E-state index contributed by atoms with van der Waals surface area (Å²) >= 11 is 0. The molecular formula is C26H34N6O3. The minimum atomic E-state index is -0.267. The van der Waals surface area contributed by atoms with Crippen LogP contribution in [0.25, 0.3) is 11.2 Å². The van der Waals surface area contributed by atoms with E-state index < -0.39 is 0 Å². The van der Waals surface area contributed by atoms with Crippen molar-refractivity contribution in [3.05, 3.63) is 52.4 Å². The Bertz CT molecular complexity index is 1290. The molecule has 2 aromatic heterocycles. The predicted molar refractivity (Wildman–Crippen MR) is 138 cm³/mol. The molecule has 1 unspecified atom stereocenters. The van der Waals surface area contributed by atoms with E-state index in [1.54, 1.807) is 21.3 Å². The fourth-order valence-electron chi connectivity index (χ4n) is 4.81. The van der Waals surface area contributed by atoms with E-state index in [4.69, 9.17) is 0 Å². The average Bonchev–Trinajstić information content (AvgIpc) is 3.11. The highest BCUT2D eigenvalue weighted by atomic mass is 16.2. The van der Waals surface area contributed by atoms with Gasteiger partial charge in [0.25, 0.3) is 0 Å². The molecule has 186 valence electrons. The monoisotopic (exact) mass is 478 g/mol. The number of benzene rings is 1. The molecule has 4 rings (SSSR count). The van der Waals surface area contributed by atoms with Gasteiger partial charge in [-0.1, -0.05) is 12.1 Å². The molecule has 0 bridgehead atoms. The molecule has 0 aliphatic carbocycles. The van der Waals surface area contributed by atoms with Gasteiger partial charge in [-0.15, -0.1) is 0 Å². The molecule has 1 atom stereocenters. The van der Waals surface area contributed by atoms with Gasteiger partial charge in [-0.3, -0.25) is 18.7 Å². The highest BCUT2D eigenvalue weighted by Crippen LogP contribution is 2.22. The Morgan fingerprint density at radius 3 is 2.51 bits per heavy atom. The van der Waals surface area contributed by atoms with E-state index in [1.807, 2.05) is 18.7 Å². The zero-order chi connectivity index (χ0) is 25.1. The van der Waals surface area contributed by atoms with Gasteiger partial charge >= 0.3 is 5.69 Å². The SMILES string of the molecule is CCn1c(=O)n(CC)c2nc(NC(=O)CCC(=O)N3CCN(c4cccc(C)c4)C(C)C3)ccc21. The van der Waals surface area contributed by atoms with E-state index in [0.717, 1.165) is 12.1 Å². The van der Waals surface area contributed by atoms with Crippen molar-refractivity contribution in [2.24, 2.45) is 0 Å². The number of fused-ring (bicyclic) bond motifs is 1. The molecule has 0 saturated carbocycles. The summed E-state index contributed by atoms with van der Waals surface area (Å²) in [6.07, 6.45) is 0.235. The van der Waals surface area contributed by atoms with Crippen molar-refractivity contribution in [1.29, 1.82) is 0 Å². The van der Waals surface area contributed by atoms with Crippen molar-refractivity contribution in [2.75, 3.05) is 29.9 Å². The van der Waals surface area contributed by atoms with Crippen LogP contribution in [0.3, 0.4) is 0 Å². The van der Waals surface area contributed by atoms with Crippen molar-refractivity contribution >= 4 is 34.5 Å². The van der Waals surface area contributed by atoms with E-state index in [1.165, 1.54) is 11.3 Å². The second-order valence-electron chi connectivity index (χ2n) is 9.08. The lowest BCUT2D eigenvalue weighted by Gasteiger charge is -2.41. The van der Waals surface area contributed by atoms with Crippen molar-refractivity contribution < 1.29 is 9.59 Å². The summed E-state index contributed by atoms with van der Waals surface area (Å²) in [6.45, 7) is 11.1. The molecule has 1 aliphatic rings. The smallest absolute Gasteiger partial charge is 0.330 e. The number of pyridine rings is 1. The second-order valence-corrected chi connectivity index (χ2v) is 9.08. The quantitative estimate of drug-likeness (QED) is 0.564. The fraction of sp³-hybridized carbons (Fsp3) is 0.462. The Labute approximate surface area is 205 Å². The number of aryl methyl sites for hydroxylation is 3. The van der Waals surface area contributed by atoms with Gasteiger partial charge in [-0.05, 0) is 57.5 Å². The maximum atomic E-state index is 12.8. The third-order valence-electron chi connectivity index (χ3n) is 6.64. The van der Waals surface area contributed by atoms with Gasteiger partial charge in [0.1, 0.15) is 5.82 Å². The van der Waals surface area contributed by atoms with Crippen LogP contribution in [-0.4, -0.2) is 56.5 Å². The van der Waals surface area contributed by atoms with Gasteiger partial charge < -0.3 is 15.1 Å². The first kappa shape index (κ1) is 24.5. The molecule has 1 fully saturated rings. The standard InChI is InChI=1S/C26H34N6O3/c1-5-30-21-10-11-22(28-25(21)31(6-2)26(30)35)27-23(33)12-13-24(34)29-14-15-32(19(4)17-29)20-9-7-8-18(3)16-20/h7-11,16,19H,5-6,12-15,17H2,1-4H3,(H,27,28,33). The van der Waals surface area contributed by atoms with Gasteiger partial charge in [0.15, 0.2) is 5.65 Å². The Morgan fingerprint density at radius 2 is 1.83 bits per heavy atom. The number of hydrogen-bond acceptors (Lipinski definition) is 5. The van der Waals surface area contributed by atoms with Gasteiger partial charge in [0.05, 0.1) is 5.52 Å². The third kappa shape index (κ3) is 5.08. The number of carbonyl (C=O) groups is 2. The van der Waals surface area contributed by atoms with Crippen molar-refractivity contribution in [1.82, 2.24) is 19.0 Å². The molecule has 9 heteroatoms. The van der Waals surface area contributed by atoms with Crippen LogP contribution in [0.1, 0.15) is 39.2 Å². The minimum absolute atomic E-state index is 0.0147. The van der Waals surface area contributed by atoms with Crippen LogP contribution in [0, 0.1) is 6.92 Å². The number of nitrogens with one attached hydrogen (secondary N) is 1. The number of nitrogens with zero attached hydrogens (tertiary/aromatic N) is 5. The van der Waals surface area contributed by atoms with E-state index in [2.05, 4.69) is 53.3 Å². The summed E-state index contributed by atoms with van der Waals surface area (Å²) in [5.41, 5.74) is 3.58. The largest absolute Gasteiger partial charge is 0.365 e. The number of hydrogen-bond donors (Lipinski definition) is 1. The maximum absolute atomic E-state index is 12.8. The molecular weight excluding hydrogens is 444 g/mol. The van der Waals surface area contributed by atoms with Gasteiger partial charge in [0.2, 0.25) is 11.8 Å². The van der Waals surface area contributed by atoms with Crippen molar-refractivity contribution in [3.63, 3.8) is 0 Å². The minimum Gasteiger partial charge on any atom is -0.365 e. The first-order chi connectivity index (χ1) is 16.8. The number of rotatable bonds is 7. The van der Waals surface area contributed by atoms with E-state index in [9.17, 15) is 14.4 Å². The van der Waals surface area contributed by atoms with Crippen LogP contribution >= 0.6 is 0 Å². The van der Waals surface area contributed by atoms with Crippen LogP contribution in [-0.2, 0) is 22.7 Å². The van der Waals surface area contributed by atoms with Crippen LogP contribution in [0.2, 0.25) is 0 Å². The Morgan fingerprint density at radius 1 is 1.06 bits per heavy atom. The highest BCUT2D eigenvalue weighted by Gasteiger charge is 2.27. The van der Waals surface area contributed by atoms with Crippen LogP contribution in [0.4, 0.5) is 11.5 Å². The zero-order valence-electron chi connectivity index (χ0n) is 21.0.